The number of esters is 1. The molecule has 0 aliphatic heterocycles. The summed E-state index contributed by atoms with van der Waals surface area (Å²) >= 11 is 0. The van der Waals surface area contributed by atoms with E-state index in [2.05, 4.69) is 5.32 Å². The third-order valence-corrected chi connectivity index (χ3v) is 4.11. The van der Waals surface area contributed by atoms with E-state index in [1.54, 1.807) is 0 Å². The lowest BCUT2D eigenvalue weighted by atomic mass is 9.89. The molecule has 1 amide bonds. The van der Waals surface area contributed by atoms with Crippen molar-refractivity contribution in [3.05, 3.63) is 0 Å². The minimum Gasteiger partial charge on any atom is -0.462 e. The average Bonchev–Trinajstić information content (AvgIpc) is 2.38. The number of hydrogen-bond donors (Lipinski definition) is 1. The fourth-order valence-corrected chi connectivity index (χ4v) is 2.25. The van der Waals surface area contributed by atoms with Crippen molar-refractivity contribution in [2.75, 3.05) is 0 Å². The molecule has 0 saturated heterocycles. The van der Waals surface area contributed by atoms with E-state index >= 15 is 0 Å². The van der Waals surface area contributed by atoms with Crippen LogP contribution < -0.4 is 5.32 Å². The average molecular weight is 313 g/mol. The molecule has 0 radical (unpaired) electrons. The summed E-state index contributed by atoms with van der Waals surface area (Å²) < 4.78 is 10.9. The first kappa shape index (κ1) is 18.8. The molecule has 0 spiro atoms. The van der Waals surface area contributed by atoms with Crippen LogP contribution in [0.2, 0.25) is 0 Å². The Balaban J connectivity index is 2.35. The van der Waals surface area contributed by atoms with E-state index in [1.165, 1.54) is 0 Å². The van der Waals surface area contributed by atoms with Crippen molar-refractivity contribution in [1.29, 1.82) is 0 Å². The van der Waals surface area contributed by atoms with Crippen molar-refractivity contribution in [1.82, 2.24) is 5.32 Å². The molecule has 0 bridgehead atoms. The first-order valence-corrected chi connectivity index (χ1v) is 8.24. The predicted molar refractivity (Wildman–Crippen MR) is 85.6 cm³/mol. The third kappa shape index (κ3) is 6.24. The molecular weight excluding hydrogens is 282 g/mol. The topological polar surface area (TPSA) is 64.6 Å². The molecule has 1 rings (SSSR count). The fourth-order valence-electron chi connectivity index (χ4n) is 2.25. The van der Waals surface area contributed by atoms with Crippen LogP contribution in [-0.2, 0) is 14.3 Å². The molecule has 0 aromatic carbocycles. The molecule has 1 N–H and O–H groups in total. The van der Waals surface area contributed by atoms with Crippen molar-refractivity contribution in [2.45, 2.75) is 91.4 Å². The van der Waals surface area contributed by atoms with Gasteiger partial charge in [0.25, 0.3) is 0 Å². The Labute approximate surface area is 134 Å². The van der Waals surface area contributed by atoms with Gasteiger partial charge in [-0.3, -0.25) is 4.79 Å². The Morgan fingerprint density at radius 3 is 2.05 bits per heavy atom. The fraction of sp³-hybridized carbons (Fsp3) is 0.882. The van der Waals surface area contributed by atoms with Gasteiger partial charge in [-0.25, -0.2) is 4.79 Å². The summed E-state index contributed by atoms with van der Waals surface area (Å²) in [5.41, 5.74) is -0.909. The maximum atomic E-state index is 12.1. The highest BCUT2D eigenvalue weighted by Gasteiger charge is 2.32. The highest BCUT2D eigenvalue weighted by atomic mass is 16.6. The minimum atomic E-state index is -0.484. The zero-order chi connectivity index (χ0) is 17.0. The van der Waals surface area contributed by atoms with Crippen LogP contribution in [0, 0.1) is 5.41 Å². The number of nitrogens with one attached hydrogen (secondary N) is 1. The van der Waals surface area contributed by atoms with Gasteiger partial charge in [0.05, 0.1) is 5.41 Å². The second-order valence-corrected chi connectivity index (χ2v) is 7.76. The number of carbonyl (C=O) groups excluding carboxylic acids is 2. The standard InChI is InChI=1S/C17H31NO4/c1-7-17(5,6)14(19)21-13-10-8-12(9-11-13)18-15(20)22-16(2,3)4/h12-13H,7-11H2,1-6H3,(H,18,20). The third-order valence-electron chi connectivity index (χ3n) is 4.11. The minimum absolute atomic E-state index is 0.0324. The lowest BCUT2D eigenvalue weighted by Gasteiger charge is -2.31. The zero-order valence-corrected chi connectivity index (χ0v) is 14.8. The van der Waals surface area contributed by atoms with E-state index in [-0.39, 0.29) is 24.2 Å². The molecule has 1 aliphatic rings. The van der Waals surface area contributed by atoms with Crippen molar-refractivity contribution < 1.29 is 19.1 Å². The number of amides is 1. The van der Waals surface area contributed by atoms with Gasteiger partial charge in [-0.05, 0) is 66.7 Å². The summed E-state index contributed by atoms with van der Waals surface area (Å²) in [5, 5.41) is 2.89. The summed E-state index contributed by atoms with van der Waals surface area (Å²) in [4.78, 5) is 23.8. The molecule has 5 nitrogen and oxygen atoms in total. The van der Waals surface area contributed by atoms with Gasteiger partial charge in [0.2, 0.25) is 0 Å². The summed E-state index contributed by atoms with van der Waals surface area (Å²) in [7, 11) is 0. The molecule has 1 saturated carbocycles. The SMILES string of the molecule is CCC(C)(C)C(=O)OC1CCC(NC(=O)OC(C)(C)C)CC1. The number of rotatable bonds is 4. The van der Waals surface area contributed by atoms with E-state index in [9.17, 15) is 9.59 Å². The van der Waals surface area contributed by atoms with Crippen LogP contribution in [0.15, 0.2) is 0 Å². The molecule has 5 heteroatoms. The van der Waals surface area contributed by atoms with E-state index in [1.807, 2.05) is 41.5 Å². The van der Waals surface area contributed by atoms with Crippen molar-refractivity contribution in [3.8, 4) is 0 Å². The van der Waals surface area contributed by atoms with Crippen molar-refractivity contribution in [2.24, 2.45) is 5.41 Å². The largest absolute Gasteiger partial charge is 0.462 e. The first-order valence-electron chi connectivity index (χ1n) is 8.24. The Bertz CT molecular complexity index is 390. The van der Waals surface area contributed by atoms with Gasteiger partial charge in [-0.15, -0.1) is 0 Å². The lowest BCUT2D eigenvalue weighted by Crippen LogP contribution is -2.42. The first-order chi connectivity index (χ1) is 10.0. The van der Waals surface area contributed by atoms with Gasteiger partial charge in [0.1, 0.15) is 11.7 Å². The molecular formula is C17H31NO4. The van der Waals surface area contributed by atoms with Gasteiger partial charge >= 0.3 is 12.1 Å². The van der Waals surface area contributed by atoms with Crippen LogP contribution in [0.25, 0.3) is 0 Å². The van der Waals surface area contributed by atoms with E-state index in [0.29, 0.717) is 0 Å². The summed E-state index contributed by atoms with van der Waals surface area (Å²) in [6, 6.07) is 0.101. The van der Waals surface area contributed by atoms with Gasteiger partial charge in [-0.1, -0.05) is 6.92 Å². The van der Waals surface area contributed by atoms with Crippen molar-refractivity contribution in [3.63, 3.8) is 0 Å². The van der Waals surface area contributed by atoms with Gasteiger partial charge in [0.15, 0.2) is 0 Å². The second-order valence-electron chi connectivity index (χ2n) is 7.76. The van der Waals surface area contributed by atoms with E-state index in [0.717, 1.165) is 32.1 Å². The normalized spacial score (nSPS) is 22.8. The highest BCUT2D eigenvalue weighted by Crippen LogP contribution is 2.27. The number of alkyl carbamates (subject to hydrolysis) is 1. The maximum Gasteiger partial charge on any atom is 0.407 e. The van der Waals surface area contributed by atoms with E-state index < -0.39 is 11.0 Å². The van der Waals surface area contributed by atoms with Crippen LogP contribution in [-0.4, -0.2) is 29.8 Å². The molecule has 0 aromatic rings. The Hall–Kier alpha value is -1.26. The van der Waals surface area contributed by atoms with Crippen LogP contribution >= 0.6 is 0 Å². The van der Waals surface area contributed by atoms with Crippen LogP contribution in [0.1, 0.15) is 73.6 Å². The Kier molecular flexibility index (Phi) is 6.27. The summed E-state index contributed by atoms with van der Waals surface area (Å²) in [6.45, 7) is 11.3. The molecule has 0 heterocycles. The molecule has 0 aromatic heterocycles. The zero-order valence-electron chi connectivity index (χ0n) is 14.8. The van der Waals surface area contributed by atoms with Crippen LogP contribution in [0.3, 0.4) is 0 Å². The number of carbonyl (C=O) groups is 2. The highest BCUT2D eigenvalue weighted by molar-refractivity contribution is 5.76. The monoisotopic (exact) mass is 313 g/mol. The van der Waals surface area contributed by atoms with Crippen LogP contribution in [0.5, 0.6) is 0 Å². The number of ether oxygens (including phenoxy) is 2. The second kappa shape index (κ2) is 7.34. The van der Waals surface area contributed by atoms with Gasteiger partial charge in [-0.2, -0.15) is 0 Å². The Morgan fingerprint density at radius 1 is 1.05 bits per heavy atom. The summed E-state index contributed by atoms with van der Waals surface area (Å²) in [6.07, 6.45) is 3.54. The molecule has 0 atom stereocenters. The molecule has 128 valence electrons. The van der Waals surface area contributed by atoms with E-state index in [4.69, 9.17) is 9.47 Å². The predicted octanol–water partition coefficient (Wildman–Crippen LogP) is 3.80. The quantitative estimate of drug-likeness (QED) is 0.802. The Morgan fingerprint density at radius 2 is 1.59 bits per heavy atom. The van der Waals surface area contributed by atoms with Gasteiger partial charge in [0, 0.05) is 6.04 Å². The van der Waals surface area contributed by atoms with Gasteiger partial charge < -0.3 is 14.8 Å². The molecule has 1 aliphatic carbocycles. The molecule has 1 fully saturated rings. The lowest BCUT2D eigenvalue weighted by molar-refractivity contribution is -0.161. The van der Waals surface area contributed by atoms with Crippen LogP contribution in [0.4, 0.5) is 4.79 Å². The smallest absolute Gasteiger partial charge is 0.407 e. The number of hydrogen-bond acceptors (Lipinski definition) is 4. The summed E-state index contributed by atoms with van der Waals surface area (Å²) in [5.74, 6) is -0.126. The van der Waals surface area contributed by atoms with Crippen molar-refractivity contribution >= 4 is 12.1 Å². The molecule has 0 unspecified atom stereocenters. The molecule has 22 heavy (non-hydrogen) atoms. The maximum absolute atomic E-state index is 12.1.